The molecule has 2 aliphatic heterocycles. The van der Waals surface area contributed by atoms with E-state index < -0.39 is 0 Å². The third-order valence-corrected chi connectivity index (χ3v) is 7.39. The van der Waals surface area contributed by atoms with Crippen molar-refractivity contribution in [2.24, 2.45) is 0 Å². The lowest BCUT2D eigenvalue weighted by molar-refractivity contribution is -0.116. The van der Waals surface area contributed by atoms with E-state index in [0.29, 0.717) is 26.1 Å². The van der Waals surface area contributed by atoms with Crippen LogP contribution in [0, 0.1) is 13.8 Å². The number of fused-ring (bicyclic) bond motifs is 1. The second-order valence-corrected chi connectivity index (χ2v) is 10.1. The lowest BCUT2D eigenvalue weighted by atomic mass is 10.0. The van der Waals surface area contributed by atoms with Crippen LogP contribution in [0.5, 0.6) is 5.75 Å². The van der Waals surface area contributed by atoms with Gasteiger partial charge in [0.1, 0.15) is 5.75 Å². The number of hydrogen-bond donors (Lipinski definition) is 2. The minimum absolute atomic E-state index is 0.0364. The van der Waals surface area contributed by atoms with Crippen LogP contribution in [-0.2, 0) is 17.6 Å². The van der Waals surface area contributed by atoms with Crippen LogP contribution in [0.4, 0.5) is 21.9 Å². The predicted molar refractivity (Wildman–Crippen MR) is 152 cm³/mol. The fourth-order valence-electron chi connectivity index (χ4n) is 5.35. The first kappa shape index (κ1) is 25.6. The average molecular weight is 513 g/mol. The minimum Gasteiger partial charge on any atom is -0.493 e. The molecule has 2 heterocycles. The predicted octanol–water partition coefficient (Wildman–Crippen LogP) is 5.55. The second-order valence-electron chi connectivity index (χ2n) is 10.1. The van der Waals surface area contributed by atoms with Gasteiger partial charge in [0.05, 0.1) is 12.3 Å². The molecule has 5 rings (SSSR count). The van der Waals surface area contributed by atoms with Gasteiger partial charge in [0.2, 0.25) is 5.91 Å². The van der Waals surface area contributed by atoms with Crippen LogP contribution in [0.2, 0.25) is 0 Å². The molecule has 0 aliphatic carbocycles. The highest BCUT2D eigenvalue weighted by atomic mass is 16.5. The highest BCUT2D eigenvalue weighted by molar-refractivity contribution is 5.92. The molecule has 3 aromatic carbocycles. The summed E-state index contributed by atoms with van der Waals surface area (Å²) in [5.41, 5.74) is 7.35. The molecule has 0 unspecified atom stereocenters. The number of aryl methyl sites for hydroxylation is 3. The number of amides is 3. The van der Waals surface area contributed by atoms with Crippen LogP contribution in [0.25, 0.3) is 0 Å². The van der Waals surface area contributed by atoms with Crippen molar-refractivity contribution in [1.82, 2.24) is 4.90 Å². The third kappa shape index (κ3) is 5.93. The van der Waals surface area contributed by atoms with E-state index in [1.165, 1.54) is 5.56 Å². The van der Waals surface area contributed by atoms with Gasteiger partial charge in [0.25, 0.3) is 0 Å². The molecule has 7 heteroatoms. The van der Waals surface area contributed by atoms with Crippen molar-refractivity contribution in [3.63, 3.8) is 0 Å². The minimum atomic E-state index is -0.0592. The van der Waals surface area contributed by atoms with E-state index >= 15 is 0 Å². The highest BCUT2D eigenvalue weighted by Gasteiger charge is 2.25. The molecule has 38 heavy (non-hydrogen) atoms. The Kier molecular flexibility index (Phi) is 7.82. The molecule has 0 bridgehead atoms. The number of nitrogens with zero attached hydrogens (tertiary/aromatic N) is 2. The lowest BCUT2D eigenvalue weighted by Gasteiger charge is -2.36. The summed E-state index contributed by atoms with van der Waals surface area (Å²) in [7, 11) is 0. The molecular formula is C31H36N4O3. The van der Waals surface area contributed by atoms with Crippen molar-refractivity contribution in [3.8, 4) is 5.75 Å². The molecule has 0 saturated carbocycles. The molecule has 1 saturated heterocycles. The van der Waals surface area contributed by atoms with Crippen LogP contribution in [-0.4, -0.2) is 49.6 Å². The Bertz CT molecular complexity index is 1280. The summed E-state index contributed by atoms with van der Waals surface area (Å²) in [6.45, 7) is 7.56. The zero-order valence-corrected chi connectivity index (χ0v) is 22.3. The molecule has 3 amide bonds. The van der Waals surface area contributed by atoms with E-state index in [1.807, 2.05) is 54.3 Å². The van der Waals surface area contributed by atoms with Gasteiger partial charge in [-0.15, -0.1) is 0 Å². The Labute approximate surface area is 224 Å². The second kappa shape index (κ2) is 11.6. The van der Waals surface area contributed by atoms with Gasteiger partial charge in [-0.25, -0.2) is 4.79 Å². The van der Waals surface area contributed by atoms with Crippen molar-refractivity contribution < 1.29 is 14.3 Å². The van der Waals surface area contributed by atoms with Gasteiger partial charge < -0.3 is 25.2 Å². The summed E-state index contributed by atoms with van der Waals surface area (Å²) in [5.74, 6) is 0.955. The maximum Gasteiger partial charge on any atom is 0.321 e. The number of urea groups is 1. The summed E-state index contributed by atoms with van der Waals surface area (Å²) in [4.78, 5) is 29.6. The molecule has 0 aromatic heterocycles. The molecule has 1 fully saturated rings. The Balaban J connectivity index is 1.09. The number of carbonyl (C=O) groups excluding carboxylic acids is 2. The molecule has 2 aliphatic rings. The Morgan fingerprint density at radius 1 is 0.895 bits per heavy atom. The zero-order valence-electron chi connectivity index (χ0n) is 22.3. The Morgan fingerprint density at radius 2 is 1.63 bits per heavy atom. The zero-order chi connectivity index (χ0) is 26.5. The van der Waals surface area contributed by atoms with Crippen molar-refractivity contribution in [2.75, 3.05) is 48.3 Å². The van der Waals surface area contributed by atoms with E-state index in [0.717, 1.165) is 71.9 Å². The monoisotopic (exact) mass is 512 g/mol. The van der Waals surface area contributed by atoms with Crippen molar-refractivity contribution in [3.05, 3.63) is 82.9 Å². The van der Waals surface area contributed by atoms with Gasteiger partial charge in [-0.3, -0.25) is 4.79 Å². The van der Waals surface area contributed by atoms with Gasteiger partial charge in [-0.2, -0.15) is 0 Å². The van der Waals surface area contributed by atoms with E-state index in [9.17, 15) is 9.59 Å². The fraction of sp³-hybridized carbons (Fsp3) is 0.355. The van der Waals surface area contributed by atoms with Crippen LogP contribution in [0.3, 0.4) is 0 Å². The third-order valence-electron chi connectivity index (χ3n) is 7.39. The molecule has 0 spiro atoms. The van der Waals surface area contributed by atoms with Gasteiger partial charge in [0, 0.05) is 56.0 Å². The molecule has 198 valence electrons. The summed E-state index contributed by atoms with van der Waals surface area (Å²) in [6, 6.07) is 20.2. The van der Waals surface area contributed by atoms with Gasteiger partial charge in [-0.1, -0.05) is 36.4 Å². The molecule has 0 radical (unpaired) electrons. The Morgan fingerprint density at radius 3 is 2.37 bits per heavy atom. The number of hydrogen-bond acceptors (Lipinski definition) is 4. The van der Waals surface area contributed by atoms with Gasteiger partial charge >= 0.3 is 6.03 Å². The number of anilines is 3. The van der Waals surface area contributed by atoms with Gasteiger partial charge in [0.15, 0.2) is 0 Å². The first-order valence-electron chi connectivity index (χ1n) is 13.5. The molecule has 3 aromatic rings. The standard InChI is InChI=1S/C31H36N4O3/c1-22-21-23(2)30-27(15-20-38-30)29(22)33-31(37)35-18-16-34(17-19-35)26-13-11-25(12-14-26)32-28(36)10-6-9-24-7-4-3-5-8-24/h3-5,7-8,11-14,21H,6,9-10,15-20H2,1-2H3,(H,32,36)(H,33,37). The lowest BCUT2D eigenvalue weighted by Crippen LogP contribution is -2.50. The largest absolute Gasteiger partial charge is 0.493 e. The highest BCUT2D eigenvalue weighted by Crippen LogP contribution is 2.37. The van der Waals surface area contributed by atoms with E-state index in [-0.39, 0.29) is 11.9 Å². The van der Waals surface area contributed by atoms with E-state index in [1.54, 1.807) is 0 Å². The molecular weight excluding hydrogens is 476 g/mol. The summed E-state index contributed by atoms with van der Waals surface area (Å²) in [6.07, 6.45) is 3.05. The summed E-state index contributed by atoms with van der Waals surface area (Å²) >= 11 is 0. The van der Waals surface area contributed by atoms with E-state index in [4.69, 9.17) is 4.74 Å². The fourth-order valence-corrected chi connectivity index (χ4v) is 5.35. The smallest absolute Gasteiger partial charge is 0.321 e. The number of carbonyl (C=O) groups is 2. The van der Waals surface area contributed by atoms with E-state index in [2.05, 4.69) is 40.7 Å². The number of rotatable bonds is 7. The number of nitrogens with one attached hydrogen (secondary N) is 2. The molecule has 7 nitrogen and oxygen atoms in total. The maximum absolute atomic E-state index is 13.1. The number of benzene rings is 3. The molecule has 2 N–H and O–H groups in total. The van der Waals surface area contributed by atoms with Crippen LogP contribution >= 0.6 is 0 Å². The van der Waals surface area contributed by atoms with Crippen molar-refractivity contribution >= 4 is 29.0 Å². The van der Waals surface area contributed by atoms with Crippen LogP contribution in [0.15, 0.2) is 60.7 Å². The van der Waals surface area contributed by atoms with Crippen LogP contribution < -0.4 is 20.3 Å². The van der Waals surface area contributed by atoms with Gasteiger partial charge in [-0.05, 0) is 67.6 Å². The topological polar surface area (TPSA) is 73.9 Å². The van der Waals surface area contributed by atoms with Crippen molar-refractivity contribution in [1.29, 1.82) is 0 Å². The average Bonchev–Trinajstić information content (AvgIpc) is 3.43. The Hall–Kier alpha value is -4.00. The first-order chi connectivity index (χ1) is 18.5. The van der Waals surface area contributed by atoms with Crippen molar-refractivity contribution in [2.45, 2.75) is 39.5 Å². The SMILES string of the molecule is Cc1cc(C)c2c(c1NC(=O)N1CCN(c3ccc(NC(=O)CCCc4ccccc4)cc3)CC1)CCO2. The maximum atomic E-state index is 13.1. The number of piperazine rings is 1. The molecule has 0 atom stereocenters. The summed E-state index contributed by atoms with van der Waals surface area (Å²) < 4.78 is 5.78. The summed E-state index contributed by atoms with van der Waals surface area (Å²) in [5, 5.41) is 6.16. The normalized spacial score (nSPS) is 14.6. The van der Waals surface area contributed by atoms with Crippen LogP contribution in [0.1, 0.15) is 35.1 Å². The first-order valence-corrected chi connectivity index (χ1v) is 13.5. The quantitative estimate of drug-likeness (QED) is 0.435. The number of ether oxygens (including phenoxy) is 1.